The topological polar surface area (TPSA) is 43.8 Å². The first-order chi connectivity index (χ1) is 9.70. The van der Waals surface area contributed by atoms with Crippen molar-refractivity contribution in [2.45, 2.75) is 26.3 Å². The van der Waals surface area contributed by atoms with E-state index >= 15 is 0 Å². The maximum absolute atomic E-state index is 6.17. The lowest BCUT2D eigenvalue weighted by Crippen LogP contribution is -2.12. The molecule has 0 aliphatic heterocycles. The molecule has 0 saturated heterocycles. The molecule has 0 bridgehead atoms. The van der Waals surface area contributed by atoms with Crippen LogP contribution in [0.2, 0.25) is 0 Å². The molecule has 0 aliphatic carbocycles. The summed E-state index contributed by atoms with van der Waals surface area (Å²) in [5.74, 6) is 0.585. The highest BCUT2D eigenvalue weighted by molar-refractivity contribution is 5.79. The molecule has 0 aliphatic rings. The monoisotopic (exact) mass is 265 g/mol. The summed E-state index contributed by atoms with van der Waals surface area (Å²) in [6.45, 7) is 4.27. The van der Waals surface area contributed by atoms with E-state index in [2.05, 4.69) is 59.8 Å². The van der Waals surface area contributed by atoms with Crippen molar-refractivity contribution in [2.75, 3.05) is 5.73 Å². The smallest absolute Gasteiger partial charge is 0.201 e. The fourth-order valence-electron chi connectivity index (χ4n) is 2.79. The molecule has 3 nitrogen and oxygen atoms in total. The van der Waals surface area contributed by atoms with Gasteiger partial charge in [0.15, 0.2) is 0 Å². The van der Waals surface area contributed by atoms with Crippen LogP contribution in [0.1, 0.15) is 30.5 Å². The number of nitrogen functional groups attached to an aromatic ring is 1. The van der Waals surface area contributed by atoms with Crippen LogP contribution >= 0.6 is 0 Å². The van der Waals surface area contributed by atoms with Crippen molar-refractivity contribution in [3.63, 3.8) is 0 Å². The highest BCUT2D eigenvalue weighted by atomic mass is 15.2. The molecule has 1 unspecified atom stereocenters. The molecular weight excluding hydrogens is 246 g/mol. The molecular formula is C17H19N3. The number of hydrogen-bond donors (Lipinski definition) is 1. The molecule has 0 fully saturated rings. The fraction of sp³-hybridized carbons (Fsp3) is 0.235. The second-order valence-electron chi connectivity index (χ2n) is 5.17. The first kappa shape index (κ1) is 12.7. The second kappa shape index (κ2) is 5.00. The van der Waals surface area contributed by atoms with Gasteiger partial charge in [-0.1, -0.05) is 43.3 Å². The Hall–Kier alpha value is -2.29. The molecule has 3 rings (SSSR count). The van der Waals surface area contributed by atoms with Crippen LogP contribution in [-0.2, 0) is 0 Å². The first-order valence-electron chi connectivity index (χ1n) is 6.99. The number of hydrogen-bond acceptors (Lipinski definition) is 2. The number of rotatable bonds is 3. The third-order valence-corrected chi connectivity index (χ3v) is 3.75. The summed E-state index contributed by atoms with van der Waals surface area (Å²) in [6.07, 6.45) is 0.980. The predicted octanol–water partition coefficient (Wildman–Crippen LogP) is 3.93. The van der Waals surface area contributed by atoms with Crippen molar-refractivity contribution in [1.29, 1.82) is 0 Å². The predicted molar refractivity (Wildman–Crippen MR) is 83.8 cm³/mol. The second-order valence-corrected chi connectivity index (χ2v) is 5.17. The molecule has 3 aromatic rings. The SMILES string of the molecule is CCC(c1ccccc1)n1c(N)nc2ccc(C)cc21. The Bertz CT molecular complexity index is 729. The van der Waals surface area contributed by atoms with Crippen molar-refractivity contribution >= 4 is 17.0 Å². The minimum atomic E-state index is 0.225. The number of aryl methyl sites for hydroxylation is 1. The van der Waals surface area contributed by atoms with Crippen LogP contribution in [-0.4, -0.2) is 9.55 Å². The van der Waals surface area contributed by atoms with Crippen molar-refractivity contribution in [2.24, 2.45) is 0 Å². The summed E-state index contributed by atoms with van der Waals surface area (Å²) in [5.41, 5.74) is 10.7. The average Bonchev–Trinajstić information content (AvgIpc) is 2.77. The number of nitrogens with zero attached hydrogens (tertiary/aromatic N) is 2. The van der Waals surface area contributed by atoms with E-state index in [0.29, 0.717) is 5.95 Å². The molecule has 20 heavy (non-hydrogen) atoms. The normalized spacial score (nSPS) is 12.7. The molecule has 2 N–H and O–H groups in total. The zero-order chi connectivity index (χ0) is 14.1. The maximum atomic E-state index is 6.17. The van der Waals surface area contributed by atoms with Gasteiger partial charge in [0.2, 0.25) is 5.95 Å². The van der Waals surface area contributed by atoms with Crippen LogP contribution < -0.4 is 5.73 Å². The van der Waals surface area contributed by atoms with Gasteiger partial charge in [-0.2, -0.15) is 0 Å². The van der Waals surface area contributed by atoms with Gasteiger partial charge in [-0.3, -0.25) is 0 Å². The summed E-state index contributed by atoms with van der Waals surface area (Å²) in [5, 5.41) is 0. The van der Waals surface area contributed by atoms with Gasteiger partial charge in [0.05, 0.1) is 17.1 Å². The fourth-order valence-corrected chi connectivity index (χ4v) is 2.79. The van der Waals surface area contributed by atoms with Crippen molar-refractivity contribution in [1.82, 2.24) is 9.55 Å². The van der Waals surface area contributed by atoms with Crippen LogP contribution in [0.25, 0.3) is 11.0 Å². The van der Waals surface area contributed by atoms with E-state index in [9.17, 15) is 0 Å². The molecule has 1 aromatic heterocycles. The molecule has 0 spiro atoms. The van der Waals surface area contributed by atoms with E-state index in [1.54, 1.807) is 0 Å². The molecule has 102 valence electrons. The van der Waals surface area contributed by atoms with Gasteiger partial charge in [-0.25, -0.2) is 4.98 Å². The summed E-state index contributed by atoms with van der Waals surface area (Å²) in [6, 6.07) is 17.0. The Kier molecular flexibility index (Phi) is 3.18. The zero-order valence-corrected chi connectivity index (χ0v) is 11.9. The van der Waals surface area contributed by atoms with Gasteiger partial charge in [0.1, 0.15) is 0 Å². The lowest BCUT2D eigenvalue weighted by Gasteiger charge is -2.19. The minimum absolute atomic E-state index is 0.225. The van der Waals surface area contributed by atoms with E-state index in [4.69, 9.17) is 5.73 Å². The Morgan fingerprint density at radius 1 is 1.15 bits per heavy atom. The van der Waals surface area contributed by atoms with Crippen molar-refractivity contribution in [3.05, 3.63) is 59.7 Å². The first-order valence-corrected chi connectivity index (χ1v) is 6.99. The van der Waals surface area contributed by atoms with Gasteiger partial charge < -0.3 is 10.3 Å². The number of fused-ring (bicyclic) bond motifs is 1. The van der Waals surface area contributed by atoms with Gasteiger partial charge >= 0.3 is 0 Å². The van der Waals surface area contributed by atoms with E-state index in [0.717, 1.165) is 17.5 Å². The van der Waals surface area contributed by atoms with Crippen LogP contribution in [0.4, 0.5) is 5.95 Å². The molecule has 1 heterocycles. The largest absolute Gasteiger partial charge is 0.369 e. The Morgan fingerprint density at radius 3 is 2.60 bits per heavy atom. The van der Waals surface area contributed by atoms with Gasteiger partial charge in [0.25, 0.3) is 0 Å². The molecule has 0 amide bonds. The van der Waals surface area contributed by atoms with Gasteiger partial charge in [-0.05, 0) is 36.6 Å². The van der Waals surface area contributed by atoms with Crippen molar-refractivity contribution in [3.8, 4) is 0 Å². The van der Waals surface area contributed by atoms with E-state index < -0.39 is 0 Å². The summed E-state index contributed by atoms with van der Waals surface area (Å²) in [4.78, 5) is 4.49. The lowest BCUT2D eigenvalue weighted by molar-refractivity contribution is 0.589. The molecule has 0 radical (unpaired) electrons. The number of nitrogens with two attached hydrogens (primary N) is 1. The summed E-state index contributed by atoms with van der Waals surface area (Å²) < 4.78 is 2.15. The highest BCUT2D eigenvalue weighted by Gasteiger charge is 2.17. The summed E-state index contributed by atoms with van der Waals surface area (Å²) in [7, 11) is 0. The number of anilines is 1. The number of benzene rings is 2. The maximum Gasteiger partial charge on any atom is 0.201 e. The summed E-state index contributed by atoms with van der Waals surface area (Å²) >= 11 is 0. The van der Waals surface area contributed by atoms with Gasteiger partial charge in [-0.15, -0.1) is 0 Å². The molecule has 3 heteroatoms. The zero-order valence-electron chi connectivity index (χ0n) is 11.9. The third-order valence-electron chi connectivity index (χ3n) is 3.75. The average molecular weight is 265 g/mol. The number of aromatic nitrogens is 2. The van der Waals surface area contributed by atoms with E-state index in [1.807, 2.05) is 12.1 Å². The Balaban J connectivity index is 2.21. The van der Waals surface area contributed by atoms with Crippen LogP contribution in [0.15, 0.2) is 48.5 Å². The molecule has 1 atom stereocenters. The lowest BCUT2D eigenvalue weighted by atomic mass is 10.0. The third kappa shape index (κ3) is 2.05. The quantitative estimate of drug-likeness (QED) is 0.780. The van der Waals surface area contributed by atoms with Crippen molar-refractivity contribution < 1.29 is 0 Å². The van der Waals surface area contributed by atoms with E-state index in [1.165, 1.54) is 11.1 Å². The Labute approximate surface area is 119 Å². The van der Waals surface area contributed by atoms with Crippen LogP contribution in [0.3, 0.4) is 0 Å². The highest BCUT2D eigenvalue weighted by Crippen LogP contribution is 2.30. The van der Waals surface area contributed by atoms with Crippen LogP contribution in [0.5, 0.6) is 0 Å². The van der Waals surface area contributed by atoms with E-state index in [-0.39, 0.29) is 6.04 Å². The number of imidazole rings is 1. The standard InChI is InChI=1S/C17H19N3/c1-3-15(13-7-5-4-6-8-13)20-16-11-12(2)9-10-14(16)19-17(20)18/h4-11,15H,3H2,1-2H3,(H2,18,19). The van der Waals surface area contributed by atoms with Crippen LogP contribution in [0, 0.1) is 6.92 Å². The minimum Gasteiger partial charge on any atom is -0.369 e. The van der Waals surface area contributed by atoms with Gasteiger partial charge in [0, 0.05) is 0 Å². The molecule has 0 saturated carbocycles. The Morgan fingerprint density at radius 2 is 1.90 bits per heavy atom. The molecule has 2 aromatic carbocycles.